The van der Waals surface area contributed by atoms with Crippen LogP contribution in [-0.2, 0) is 4.74 Å². The van der Waals surface area contributed by atoms with E-state index in [1.165, 1.54) is 11.3 Å². The lowest BCUT2D eigenvalue weighted by Crippen LogP contribution is -2.50. The Labute approximate surface area is 203 Å². The topological polar surface area (TPSA) is 87.7 Å². The quantitative estimate of drug-likeness (QED) is 0.577. The molecule has 2 aromatic heterocycles. The van der Waals surface area contributed by atoms with Crippen molar-refractivity contribution in [1.82, 2.24) is 14.9 Å². The van der Waals surface area contributed by atoms with Crippen molar-refractivity contribution in [2.45, 2.75) is 33.3 Å². The smallest absolute Gasteiger partial charge is 0.410 e. The molecule has 34 heavy (non-hydrogen) atoms. The molecule has 0 unspecified atom stereocenters. The number of hydrogen-bond acceptors (Lipinski definition) is 7. The Hall–Kier alpha value is -3.46. The van der Waals surface area contributed by atoms with E-state index in [0.717, 1.165) is 22.0 Å². The van der Waals surface area contributed by atoms with E-state index in [0.29, 0.717) is 36.9 Å². The molecule has 178 valence electrons. The molecule has 0 saturated carbocycles. The first-order chi connectivity index (χ1) is 16.2. The predicted molar refractivity (Wildman–Crippen MR) is 134 cm³/mol. The minimum Gasteiger partial charge on any atom is -0.444 e. The Morgan fingerprint density at radius 1 is 1.03 bits per heavy atom. The summed E-state index contributed by atoms with van der Waals surface area (Å²) in [6.45, 7) is 10.0. The Balaban J connectivity index is 1.34. The average molecular weight is 480 g/mol. The highest BCUT2D eigenvalue weighted by Crippen LogP contribution is 2.30. The van der Waals surface area contributed by atoms with Crippen molar-refractivity contribution in [2.75, 3.05) is 36.4 Å². The number of carbonyl (C=O) groups excluding carboxylic acids is 2. The van der Waals surface area contributed by atoms with Crippen molar-refractivity contribution >= 4 is 34.3 Å². The second-order valence-corrected chi connectivity index (χ2v) is 10.3. The molecule has 9 heteroatoms. The van der Waals surface area contributed by atoms with Gasteiger partial charge in [-0.05, 0) is 39.8 Å². The van der Waals surface area contributed by atoms with Gasteiger partial charge in [0.25, 0.3) is 5.91 Å². The van der Waals surface area contributed by atoms with Crippen molar-refractivity contribution in [3.63, 3.8) is 0 Å². The van der Waals surface area contributed by atoms with E-state index in [-0.39, 0.29) is 12.0 Å². The van der Waals surface area contributed by atoms with Crippen molar-refractivity contribution in [1.29, 1.82) is 0 Å². The number of rotatable bonds is 4. The number of pyridine rings is 1. The molecule has 0 bridgehead atoms. The highest BCUT2D eigenvalue weighted by molar-refractivity contribution is 7.16. The molecule has 3 aromatic rings. The third-order valence-electron chi connectivity index (χ3n) is 5.33. The summed E-state index contributed by atoms with van der Waals surface area (Å²) in [5.41, 5.74) is 1.85. The van der Waals surface area contributed by atoms with Gasteiger partial charge in [-0.1, -0.05) is 30.3 Å². The number of nitrogens with one attached hydrogen (secondary N) is 1. The average Bonchev–Trinajstić information content (AvgIpc) is 3.18. The summed E-state index contributed by atoms with van der Waals surface area (Å²) in [7, 11) is 0. The number of benzene rings is 1. The number of thiazole rings is 1. The molecule has 1 saturated heterocycles. The van der Waals surface area contributed by atoms with Crippen LogP contribution in [0.2, 0.25) is 0 Å². The molecule has 0 radical (unpaired) electrons. The van der Waals surface area contributed by atoms with Gasteiger partial charge in [-0.2, -0.15) is 0 Å². The molecule has 3 heterocycles. The van der Waals surface area contributed by atoms with Crippen LogP contribution in [0.3, 0.4) is 0 Å². The predicted octanol–water partition coefficient (Wildman–Crippen LogP) is 4.82. The van der Waals surface area contributed by atoms with Gasteiger partial charge in [-0.15, -0.1) is 11.3 Å². The van der Waals surface area contributed by atoms with E-state index in [4.69, 9.17) is 4.74 Å². The molecule has 1 aliphatic rings. The van der Waals surface area contributed by atoms with Crippen molar-refractivity contribution < 1.29 is 14.3 Å². The lowest BCUT2D eigenvalue weighted by atomic mass is 10.1. The molecule has 1 N–H and O–H groups in total. The number of aryl methyl sites for hydroxylation is 1. The molecule has 1 aliphatic heterocycles. The van der Waals surface area contributed by atoms with Gasteiger partial charge in [-0.3, -0.25) is 10.1 Å². The van der Waals surface area contributed by atoms with Crippen LogP contribution in [0, 0.1) is 6.92 Å². The normalized spacial score (nSPS) is 14.1. The number of hydrogen-bond donors (Lipinski definition) is 1. The van der Waals surface area contributed by atoms with Crippen LogP contribution in [0.4, 0.5) is 15.7 Å². The van der Waals surface area contributed by atoms with Gasteiger partial charge in [0.1, 0.15) is 11.4 Å². The maximum Gasteiger partial charge on any atom is 0.410 e. The van der Waals surface area contributed by atoms with Gasteiger partial charge in [0, 0.05) is 42.8 Å². The Morgan fingerprint density at radius 3 is 2.35 bits per heavy atom. The van der Waals surface area contributed by atoms with Crippen molar-refractivity contribution in [3.8, 4) is 11.3 Å². The fourth-order valence-electron chi connectivity index (χ4n) is 3.64. The van der Waals surface area contributed by atoms with Crippen LogP contribution in [-0.4, -0.2) is 58.6 Å². The van der Waals surface area contributed by atoms with Gasteiger partial charge in [0.2, 0.25) is 0 Å². The van der Waals surface area contributed by atoms with E-state index in [1.807, 2.05) is 64.1 Å². The van der Waals surface area contributed by atoms with Gasteiger partial charge in [0.05, 0.1) is 11.3 Å². The number of carbonyl (C=O) groups is 2. The number of anilines is 2. The van der Waals surface area contributed by atoms with Crippen LogP contribution >= 0.6 is 11.3 Å². The number of nitrogens with zero attached hydrogens (tertiary/aromatic N) is 4. The van der Waals surface area contributed by atoms with E-state index in [2.05, 4.69) is 20.2 Å². The van der Waals surface area contributed by atoms with Gasteiger partial charge in [0.15, 0.2) is 5.13 Å². The Bertz CT molecular complexity index is 1150. The van der Waals surface area contributed by atoms with Crippen molar-refractivity contribution in [2.24, 2.45) is 0 Å². The summed E-state index contributed by atoms with van der Waals surface area (Å²) in [6.07, 6.45) is 1.28. The second-order valence-electron chi connectivity index (χ2n) is 9.10. The fraction of sp³-hybridized carbons (Fsp3) is 0.360. The minimum atomic E-state index is -0.507. The van der Waals surface area contributed by atoms with Crippen molar-refractivity contribution in [3.05, 3.63) is 59.1 Å². The number of piperazine rings is 1. The lowest BCUT2D eigenvalue weighted by Gasteiger charge is -2.36. The first-order valence-electron chi connectivity index (χ1n) is 11.2. The zero-order chi connectivity index (χ0) is 24.3. The SMILES string of the molecule is Cc1sc(NC(=O)c2ccc(N3CCN(C(=O)OC(C)(C)C)CC3)nc2)nc1-c1ccccc1. The maximum absolute atomic E-state index is 12.7. The number of amides is 2. The molecule has 0 spiro atoms. The molecule has 1 aromatic carbocycles. The molecule has 0 atom stereocenters. The summed E-state index contributed by atoms with van der Waals surface area (Å²) in [5, 5.41) is 3.44. The summed E-state index contributed by atoms with van der Waals surface area (Å²) in [4.78, 5) is 38.9. The minimum absolute atomic E-state index is 0.248. The second kappa shape index (κ2) is 9.80. The number of aromatic nitrogens is 2. The largest absolute Gasteiger partial charge is 0.444 e. The summed E-state index contributed by atoms with van der Waals surface area (Å²) in [5.74, 6) is 0.527. The van der Waals surface area contributed by atoms with Crippen LogP contribution in [0.15, 0.2) is 48.7 Å². The standard InChI is InChI=1S/C25H29N5O3S/c1-17-21(18-8-6-5-7-9-18)27-23(34-17)28-22(31)19-10-11-20(26-16-19)29-12-14-30(15-13-29)24(32)33-25(2,3)4/h5-11,16H,12-15H2,1-4H3,(H,27,28,31). The fourth-order valence-corrected chi connectivity index (χ4v) is 4.47. The molecule has 4 rings (SSSR count). The van der Waals surface area contributed by atoms with Crippen LogP contribution in [0.5, 0.6) is 0 Å². The van der Waals surface area contributed by atoms with Crippen LogP contribution < -0.4 is 10.2 Å². The molecule has 1 fully saturated rings. The zero-order valence-electron chi connectivity index (χ0n) is 19.9. The van der Waals surface area contributed by atoms with E-state index >= 15 is 0 Å². The Kier molecular flexibility index (Phi) is 6.83. The molecular weight excluding hydrogens is 450 g/mol. The summed E-state index contributed by atoms with van der Waals surface area (Å²) in [6, 6.07) is 13.5. The lowest BCUT2D eigenvalue weighted by molar-refractivity contribution is 0.0240. The van der Waals surface area contributed by atoms with E-state index in [9.17, 15) is 9.59 Å². The third kappa shape index (κ3) is 5.72. The maximum atomic E-state index is 12.7. The molecule has 8 nitrogen and oxygen atoms in total. The van der Waals surface area contributed by atoms with Gasteiger partial charge >= 0.3 is 6.09 Å². The number of ether oxygens (including phenoxy) is 1. The monoisotopic (exact) mass is 479 g/mol. The first-order valence-corrected chi connectivity index (χ1v) is 12.0. The Morgan fingerprint density at radius 2 is 1.74 bits per heavy atom. The highest BCUT2D eigenvalue weighted by atomic mass is 32.1. The van der Waals surface area contributed by atoms with E-state index < -0.39 is 5.60 Å². The highest BCUT2D eigenvalue weighted by Gasteiger charge is 2.26. The van der Waals surface area contributed by atoms with Crippen LogP contribution in [0.25, 0.3) is 11.3 Å². The van der Waals surface area contributed by atoms with Gasteiger partial charge in [-0.25, -0.2) is 14.8 Å². The van der Waals surface area contributed by atoms with Crippen LogP contribution in [0.1, 0.15) is 36.0 Å². The van der Waals surface area contributed by atoms with E-state index in [1.54, 1.807) is 17.2 Å². The molecule has 2 amide bonds. The first kappa shape index (κ1) is 23.7. The zero-order valence-corrected chi connectivity index (χ0v) is 20.7. The summed E-state index contributed by atoms with van der Waals surface area (Å²) >= 11 is 1.45. The van der Waals surface area contributed by atoms with Gasteiger partial charge < -0.3 is 14.5 Å². The third-order valence-corrected chi connectivity index (χ3v) is 6.22. The molecular formula is C25H29N5O3S. The molecule has 0 aliphatic carbocycles. The summed E-state index contributed by atoms with van der Waals surface area (Å²) < 4.78 is 5.45.